The second kappa shape index (κ2) is 6.57. The maximum Gasteiger partial charge on any atom is 0.131 e. The zero-order valence-electron chi connectivity index (χ0n) is 14.5. The molecule has 0 spiro atoms. The van der Waals surface area contributed by atoms with Crippen molar-refractivity contribution in [2.45, 2.75) is 31.8 Å². The lowest BCUT2D eigenvalue weighted by Gasteiger charge is -2.29. The van der Waals surface area contributed by atoms with Crippen molar-refractivity contribution in [3.05, 3.63) is 47.2 Å². The van der Waals surface area contributed by atoms with Gasteiger partial charge in [0.25, 0.3) is 0 Å². The van der Waals surface area contributed by atoms with Crippen molar-refractivity contribution in [3.63, 3.8) is 0 Å². The molecule has 2 atom stereocenters. The van der Waals surface area contributed by atoms with Gasteiger partial charge in [-0.05, 0) is 18.9 Å². The Morgan fingerprint density at radius 1 is 1.21 bits per heavy atom. The Hall–Kier alpha value is -1.85. The van der Waals surface area contributed by atoms with E-state index in [1.54, 1.807) is 0 Å². The molecule has 1 saturated heterocycles. The topological polar surface area (TPSA) is 42.3 Å². The van der Waals surface area contributed by atoms with Crippen LogP contribution < -0.4 is 10.2 Å². The molecule has 1 aromatic heterocycles. The largest absolute Gasteiger partial charge is 0.378 e. The van der Waals surface area contributed by atoms with E-state index in [4.69, 9.17) is 4.74 Å². The van der Waals surface area contributed by atoms with E-state index < -0.39 is 0 Å². The molecule has 1 aliphatic heterocycles. The number of nitrogens with zero attached hydrogens (tertiary/aromatic N) is 3. The summed E-state index contributed by atoms with van der Waals surface area (Å²) in [5.74, 6) is 1.91. The Labute approximate surface area is 143 Å². The van der Waals surface area contributed by atoms with Crippen LogP contribution in [-0.2, 0) is 18.3 Å². The summed E-state index contributed by atoms with van der Waals surface area (Å²) in [6.45, 7) is 6.50. The van der Waals surface area contributed by atoms with E-state index in [1.807, 2.05) is 11.7 Å². The Balaban J connectivity index is 1.44. The minimum Gasteiger partial charge on any atom is -0.378 e. The van der Waals surface area contributed by atoms with Crippen molar-refractivity contribution in [1.82, 2.24) is 15.1 Å². The molecule has 1 aliphatic carbocycles. The van der Waals surface area contributed by atoms with Gasteiger partial charge in [0, 0.05) is 44.2 Å². The van der Waals surface area contributed by atoms with E-state index in [0.29, 0.717) is 12.0 Å². The fraction of sp³-hybridized carbons (Fsp3) is 0.526. The average Bonchev–Trinajstić information content (AvgIpc) is 3.33. The van der Waals surface area contributed by atoms with Crippen molar-refractivity contribution in [2.24, 2.45) is 7.05 Å². The summed E-state index contributed by atoms with van der Waals surface area (Å²) < 4.78 is 7.52. The molecule has 1 aromatic carbocycles. The van der Waals surface area contributed by atoms with Crippen molar-refractivity contribution in [3.8, 4) is 0 Å². The second-order valence-electron chi connectivity index (χ2n) is 6.85. The van der Waals surface area contributed by atoms with Crippen LogP contribution in [0.25, 0.3) is 0 Å². The molecule has 2 fully saturated rings. The maximum atomic E-state index is 5.49. The van der Waals surface area contributed by atoms with Crippen molar-refractivity contribution < 1.29 is 4.74 Å². The lowest BCUT2D eigenvalue weighted by atomic mass is 10.1. The fourth-order valence-corrected chi connectivity index (χ4v) is 3.79. The normalized spacial score (nSPS) is 23.5. The van der Waals surface area contributed by atoms with Crippen LogP contribution in [0.5, 0.6) is 0 Å². The van der Waals surface area contributed by atoms with Crippen LogP contribution in [-0.4, -0.2) is 42.1 Å². The zero-order valence-corrected chi connectivity index (χ0v) is 14.5. The number of morpholine rings is 1. The number of aryl methyl sites for hydroxylation is 2. The van der Waals surface area contributed by atoms with E-state index in [1.165, 1.54) is 23.4 Å². The lowest BCUT2D eigenvalue weighted by molar-refractivity contribution is 0.122. The molecule has 5 nitrogen and oxygen atoms in total. The van der Waals surface area contributed by atoms with Crippen LogP contribution in [0.1, 0.15) is 29.2 Å². The molecule has 24 heavy (non-hydrogen) atoms. The number of hydrogen-bond acceptors (Lipinski definition) is 4. The number of ether oxygens (including phenoxy) is 1. The molecule has 2 aromatic rings. The highest BCUT2D eigenvalue weighted by Crippen LogP contribution is 2.41. The summed E-state index contributed by atoms with van der Waals surface area (Å²) in [5, 5.41) is 8.40. The molecule has 5 heteroatoms. The van der Waals surface area contributed by atoms with Crippen LogP contribution >= 0.6 is 0 Å². The monoisotopic (exact) mass is 326 g/mol. The van der Waals surface area contributed by atoms with E-state index in [0.717, 1.165) is 38.5 Å². The minimum atomic E-state index is 0.588. The highest BCUT2D eigenvalue weighted by molar-refractivity contribution is 5.50. The maximum absolute atomic E-state index is 5.49. The van der Waals surface area contributed by atoms with Crippen molar-refractivity contribution >= 4 is 5.82 Å². The van der Waals surface area contributed by atoms with Gasteiger partial charge in [0.15, 0.2) is 0 Å². The molecule has 4 rings (SSSR count). The van der Waals surface area contributed by atoms with Crippen LogP contribution in [0.15, 0.2) is 30.3 Å². The summed E-state index contributed by atoms with van der Waals surface area (Å²) in [7, 11) is 2.05. The van der Waals surface area contributed by atoms with Gasteiger partial charge in [0.1, 0.15) is 5.82 Å². The summed E-state index contributed by atoms with van der Waals surface area (Å²) in [6, 6.07) is 11.4. The molecular weight excluding hydrogens is 300 g/mol. The van der Waals surface area contributed by atoms with Crippen LogP contribution in [0.3, 0.4) is 0 Å². The predicted molar refractivity (Wildman–Crippen MR) is 95.4 cm³/mol. The van der Waals surface area contributed by atoms with Crippen LogP contribution in [0, 0.1) is 6.92 Å². The molecule has 2 aliphatic rings. The van der Waals surface area contributed by atoms with Gasteiger partial charge in [-0.2, -0.15) is 5.10 Å². The highest BCUT2D eigenvalue weighted by atomic mass is 16.5. The quantitative estimate of drug-likeness (QED) is 0.915. The van der Waals surface area contributed by atoms with Gasteiger partial charge in [-0.15, -0.1) is 0 Å². The first kappa shape index (κ1) is 15.7. The van der Waals surface area contributed by atoms with E-state index in [2.05, 4.69) is 52.6 Å². The average molecular weight is 326 g/mol. The van der Waals surface area contributed by atoms with E-state index in [-0.39, 0.29) is 0 Å². The first-order valence-corrected chi connectivity index (χ1v) is 8.87. The van der Waals surface area contributed by atoms with E-state index >= 15 is 0 Å². The Bertz CT molecular complexity index is 691. The molecule has 2 heterocycles. The van der Waals surface area contributed by atoms with Crippen molar-refractivity contribution in [2.75, 3.05) is 31.2 Å². The zero-order chi connectivity index (χ0) is 16.5. The number of rotatable bonds is 5. The number of anilines is 1. The first-order chi connectivity index (χ1) is 11.7. The standard InChI is InChI=1S/C19H26N4O/c1-14-17(19(22(2)21-14)23-8-10-24-11-9-23)13-20-18-12-16(18)15-6-4-3-5-7-15/h3-7,16,18,20H,8-13H2,1-2H3/t16-,18-/m0/s1. The Morgan fingerprint density at radius 2 is 1.96 bits per heavy atom. The van der Waals surface area contributed by atoms with Crippen LogP contribution in [0.4, 0.5) is 5.82 Å². The van der Waals surface area contributed by atoms with E-state index in [9.17, 15) is 0 Å². The summed E-state index contributed by atoms with van der Waals surface area (Å²) in [6.07, 6.45) is 1.23. The molecule has 1 N–H and O–H groups in total. The third-order valence-electron chi connectivity index (χ3n) is 5.18. The Morgan fingerprint density at radius 3 is 2.71 bits per heavy atom. The second-order valence-corrected chi connectivity index (χ2v) is 6.85. The number of aromatic nitrogens is 2. The molecule has 0 bridgehead atoms. The van der Waals surface area contributed by atoms with Crippen LogP contribution in [0.2, 0.25) is 0 Å². The summed E-state index contributed by atoms with van der Waals surface area (Å²) in [4.78, 5) is 2.40. The fourth-order valence-electron chi connectivity index (χ4n) is 3.79. The summed E-state index contributed by atoms with van der Waals surface area (Å²) in [5.41, 5.74) is 3.91. The number of benzene rings is 1. The number of hydrogen-bond donors (Lipinski definition) is 1. The summed E-state index contributed by atoms with van der Waals surface area (Å²) >= 11 is 0. The van der Waals surface area contributed by atoms with Gasteiger partial charge in [0.05, 0.1) is 18.9 Å². The van der Waals surface area contributed by atoms with Gasteiger partial charge in [-0.1, -0.05) is 30.3 Å². The number of nitrogens with one attached hydrogen (secondary N) is 1. The highest BCUT2D eigenvalue weighted by Gasteiger charge is 2.38. The van der Waals surface area contributed by atoms with Gasteiger partial charge in [-0.25, -0.2) is 0 Å². The SMILES string of the molecule is Cc1nn(C)c(N2CCOCC2)c1CN[C@H]1C[C@H]1c1ccccc1. The molecule has 128 valence electrons. The van der Waals surface area contributed by atoms with Gasteiger partial charge < -0.3 is 15.0 Å². The molecule has 0 amide bonds. The first-order valence-electron chi connectivity index (χ1n) is 8.87. The lowest BCUT2D eigenvalue weighted by Crippen LogP contribution is -2.38. The minimum absolute atomic E-state index is 0.588. The molecule has 1 saturated carbocycles. The van der Waals surface area contributed by atoms with Gasteiger partial charge in [0.2, 0.25) is 0 Å². The Kier molecular flexibility index (Phi) is 4.29. The molecule has 0 unspecified atom stereocenters. The van der Waals surface area contributed by atoms with Gasteiger partial charge in [-0.3, -0.25) is 4.68 Å². The third-order valence-corrected chi connectivity index (χ3v) is 5.18. The van der Waals surface area contributed by atoms with Gasteiger partial charge >= 0.3 is 0 Å². The molecular formula is C19H26N4O. The predicted octanol–water partition coefficient (Wildman–Crippen LogP) is 2.21. The molecule has 0 radical (unpaired) electrons. The third kappa shape index (κ3) is 3.06. The van der Waals surface area contributed by atoms with Crippen molar-refractivity contribution in [1.29, 1.82) is 0 Å². The smallest absolute Gasteiger partial charge is 0.131 e.